The number of carbonyl (C=O) groups is 3. The Morgan fingerprint density at radius 1 is 0.980 bits per heavy atom. The van der Waals surface area contributed by atoms with Gasteiger partial charge in [-0.3, -0.25) is 24.3 Å². The van der Waals surface area contributed by atoms with Gasteiger partial charge < -0.3 is 50.8 Å². The molecule has 2 aromatic carbocycles. The number of nitrogens with two attached hydrogens (primary N) is 1. The minimum absolute atomic E-state index is 0.0161. The lowest BCUT2D eigenvalue weighted by atomic mass is 9.83. The van der Waals surface area contributed by atoms with Crippen LogP contribution in [-0.4, -0.2) is 116 Å². The fourth-order valence-corrected chi connectivity index (χ4v) is 7.64. The molecule has 18 heteroatoms. The molecule has 17 nitrogen and oxygen atoms in total. The minimum Gasteiger partial charge on any atom is -0.508 e. The Morgan fingerprint density at radius 3 is 2.27 bits per heavy atom. The van der Waals surface area contributed by atoms with E-state index in [1.807, 2.05) is 0 Å². The highest BCUT2D eigenvalue weighted by atomic mass is 32.3. The van der Waals surface area contributed by atoms with E-state index in [0.717, 1.165) is 0 Å². The summed E-state index contributed by atoms with van der Waals surface area (Å²) in [5, 5.41) is 55.4. The first-order valence-electron chi connectivity index (χ1n) is 16.7. The third-order valence-corrected chi connectivity index (χ3v) is 10.2. The van der Waals surface area contributed by atoms with Crippen molar-refractivity contribution in [3.8, 4) is 11.5 Å². The molecule has 2 aromatic rings. The Kier molecular flexibility index (Phi) is 11.7. The molecule has 3 amide bonds. The molecule has 0 aromatic heterocycles. The van der Waals surface area contributed by atoms with Gasteiger partial charge in [-0.15, -0.1) is 0 Å². The number of hydrogen-bond acceptors (Lipinski definition) is 11. The first-order chi connectivity index (χ1) is 24.1. The Labute approximate surface area is 294 Å². The molecule has 0 bridgehead atoms. The highest BCUT2D eigenvalue weighted by molar-refractivity contribution is 7.81. The molecule has 10 N–H and O–H groups in total. The SMILES string of the molecule is N=C(N)N1CCCC(NC(=O)C2C[C@@H]3CCC(O)C[C@@H]3N2C(=O)C(Cc2ccc(O)cc2)NC(=O)C(O)Cc2ccc(OS(=O)(=O)O)cc2)C1O. The number of likely N-dealkylation sites (tertiary alicyclic amines) is 2. The molecule has 2 heterocycles. The number of guanidine groups is 1. The van der Waals surface area contributed by atoms with Crippen molar-refractivity contribution in [2.45, 2.75) is 94.0 Å². The van der Waals surface area contributed by atoms with Gasteiger partial charge in [0, 0.05) is 25.4 Å². The molecule has 1 saturated carbocycles. The van der Waals surface area contributed by atoms with Crippen LogP contribution in [0.4, 0.5) is 0 Å². The Balaban J connectivity index is 1.38. The number of phenolic OH excluding ortho intramolecular Hbond substituents is 1. The number of piperidine rings is 1. The number of phenols is 1. The number of benzene rings is 2. The molecule has 6 unspecified atom stereocenters. The third-order valence-electron chi connectivity index (χ3n) is 9.78. The van der Waals surface area contributed by atoms with Crippen LogP contribution in [0.5, 0.6) is 11.5 Å². The van der Waals surface area contributed by atoms with Crippen LogP contribution in [0.3, 0.4) is 0 Å². The lowest BCUT2D eigenvalue weighted by molar-refractivity contribution is -0.146. The summed E-state index contributed by atoms with van der Waals surface area (Å²) in [5.74, 6) is -2.72. The maximum atomic E-state index is 14.6. The van der Waals surface area contributed by atoms with Gasteiger partial charge in [0.1, 0.15) is 35.9 Å². The van der Waals surface area contributed by atoms with Crippen molar-refractivity contribution in [2.24, 2.45) is 11.7 Å². The normalized spacial score (nSPS) is 26.0. The van der Waals surface area contributed by atoms with E-state index in [0.29, 0.717) is 43.4 Å². The second-order valence-corrected chi connectivity index (χ2v) is 14.4. The lowest BCUT2D eigenvalue weighted by Gasteiger charge is -2.40. The summed E-state index contributed by atoms with van der Waals surface area (Å²) in [6.07, 6.45) is -1.40. The number of aromatic hydroxyl groups is 1. The number of nitrogens with zero attached hydrogens (tertiary/aromatic N) is 2. The van der Waals surface area contributed by atoms with Crippen LogP contribution in [0, 0.1) is 11.3 Å². The number of aliphatic hydroxyl groups excluding tert-OH is 3. The zero-order chi connectivity index (χ0) is 37.0. The van der Waals surface area contributed by atoms with E-state index in [2.05, 4.69) is 14.8 Å². The Hall–Kier alpha value is -4.49. The molecule has 0 radical (unpaired) electrons. The number of aliphatic hydroxyl groups is 3. The molecular weight excluding hydrogens is 688 g/mol. The summed E-state index contributed by atoms with van der Waals surface area (Å²) in [6, 6.07) is 7.60. The van der Waals surface area contributed by atoms with Crippen LogP contribution in [0.25, 0.3) is 0 Å². The van der Waals surface area contributed by atoms with Gasteiger partial charge in [0.2, 0.25) is 17.7 Å². The predicted octanol–water partition coefficient (Wildman–Crippen LogP) is -0.872. The van der Waals surface area contributed by atoms with Gasteiger partial charge >= 0.3 is 10.4 Å². The Morgan fingerprint density at radius 2 is 1.63 bits per heavy atom. The molecular formula is C33H44N6O11S. The van der Waals surface area contributed by atoms with Gasteiger partial charge in [-0.2, -0.15) is 8.42 Å². The summed E-state index contributed by atoms with van der Waals surface area (Å²) >= 11 is 0. The van der Waals surface area contributed by atoms with Crippen LogP contribution in [0.15, 0.2) is 48.5 Å². The van der Waals surface area contributed by atoms with Crippen molar-refractivity contribution in [2.75, 3.05) is 6.54 Å². The van der Waals surface area contributed by atoms with Crippen molar-refractivity contribution >= 4 is 34.1 Å². The van der Waals surface area contributed by atoms with E-state index in [1.54, 1.807) is 12.1 Å². The third kappa shape index (κ3) is 9.44. The zero-order valence-electron chi connectivity index (χ0n) is 27.7. The standard InChI is InChI=1S/C33H44N6O11S/c34-33(35)38-13-1-2-24(31(38)45)36-29(43)27-16-20-7-10-22(41)17-26(20)39(27)32(46)25(14-18-3-8-21(40)9-4-18)37-30(44)28(42)15-19-5-11-23(12-6-19)50-51(47,48)49/h3-6,8-9,11-12,20,22,24-28,31,40-42,45H,1-2,7,10,13-17H2,(H3,34,35)(H,36,43)(H,37,44)(H,47,48,49)/t20-,22?,24?,25?,26-,27?,28?,31?/m0/s1. The molecule has 2 aliphatic heterocycles. The average Bonchev–Trinajstić information content (AvgIpc) is 3.44. The molecule has 2 saturated heterocycles. The number of hydrogen-bond donors (Lipinski definition) is 9. The zero-order valence-corrected chi connectivity index (χ0v) is 28.5. The van der Waals surface area contributed by atoms with E-state index >= 15 is 0 Å². The predicted molar refractivity (Wildman–Crippen MR) is 180 cm³/mol. The molecule has 5 rings (SSSR count). The number of nitrogens with one attached hydrogen (secondary N) is 3. The van der Waals surface area contributed by atoms with Gasteiger partial charge in [-0.25, -0.2) is 0 Å². The topological polar surface area (TPSA) is 276 Å². The van der Waals surface area contributed by atoms with Gasteiger partial charge in [0.15, 0.2) is 5.96 Å². The van der Waals surface area contributed by atoms with Gasteiger partial charge in [0.25, 0.3) is 0 Å². The monoisotopic (exact) mass is 732 g/mol. The first kappa shape index (κ1) is 37.8. The van der Waals surface area contributed by atoms with Gasteiger partial charge in [-0.1, -0.05) is 24.3 Å². The smallest absolute Gasteiger partial charge is 0.446 e. The fourth-order valence-electron chi connectivity index (χ4n) is 7.29. The highest BCUT2D eigenvalue weighted by Gasteiger charge is 2.51. The van der Waals surface area contributed by atoms with Crippen LogP contribution in [0.2, 0.25) is 0 Å². The van der Waals surface area contributed by atoms with E-state index in [-0.39, 0.29) is 49.1 Å². The fraction of sp³-hybridized carbons (Fsp3) is 0.515. The molecule has 8 atom stereocenters. The second kappa shape index (κ2) is 15.8. The Bertz CT molecular complexity index is 1690. The summed E-state index contributed by atoms with van der Waals surface area (Å²) in [4.78, 5) is 44.6. The molecule has 0 spiro atoms. The van der Waals surface area contributed by atoms with Crippen LogP contribution >= 0.6 is 0 Å². The molecule has 51 heavy (non-hydrogen) atoms. The van der Waals surface area contributed by atoms with Crippen LogP contribution in [-0.2, 0) is 37.6 Å². The van der Waals surface area contributed by atoms with E-state index in [9.17, 15) is 43.2 Å². The average molecular weight is 733 g/mol. The van der Waals surface area contributed by atoms with E-state index in [4.69, 9.17) is 15.7 Å². The lowest BCUT2D eigenvalue weighted by Crippen LogP contribution is -2.62. The molecule has 278 valence electrons. The van der Waals surface area contributed by atoms with Crippen molar-refractivity contribution in [1.29, 1.82) is 5.41 Å². The number of carbonyl (C=O) groups excluding carboxylic acids is 3. The van der Waals surface area contributed by atoms with E-state index in [1.165, 1.54) is 46.2 Å². The number of amides is 3. The molecule has 1 aliphatic carbocycles. The second-order valence-electron chi connectivity index (χ2n) is 13.3. The minimum atomic E-state index is -4.75. The van der Waals surface area contributed by atoms with Crippen LogP contribution in [0.1, 0.15) is 49.7 Å². The number of rotatable bonds is 11. The number of fused-ring (bicyclic) bond motifs is 1. The quantitative estimate of drug-likeness (QED) is 0.0773. The van der Waals surface area contributed by atoms with Crippen molar-refractivity contribution in [3.63, 3.8) is 0 Å². The summed E-state index contributed by atoms with van der Waals surface area (Å²) < 4.78 is 35.2. The first-order valence-corrected chi connectivity index (χ1v) is 18.1. The summed E-state index contributed by atoms with van der Waals surface area (Å²) in [5.41, 5.74) is 6.59. The van der Waals surface area contributed by atoms with Crippen molar-refractivity contribution < 1.29 is 52.0 Å². The maximum absolute atomic E-state index is 14.6. The summed E-state index contributed by atoms with van der Waals surface area (Å²) in [6.45, 7) is 0.344. The largest absolute Gasteiger partial charge is 0.508 e. The van der Waals surface area contributed by atoms with Crippen molar-refractivity contribution in [3.05, 3.63) is 59.7 Å². The molecule has 3 fully saturated rings. The molecule has 3 aliphatic rings. The maximum Gasteiger partial charge on any atom is 0.446 e. The van der Waals surface area contributed by atoms with Gasteiger partial charge in [-0.05, 0) is 79.8 Å². The summed E-state index contributed by atoms with van der Waals surface area (Å²) in [7, 11) is -4.75. The van der Waals surface area contributed by atoms with E-state index < -0.39 is 70.7 Å². The van der Waals surface area contributed by atoms with Crippen LogP contribution < -0.4 is 20.6 Å². The van der Waals surface area contributed by atoms with Gasteiger partial charge in [0.05, 0.1) is 12.1 Å². The van der Waals surface area contributed by atoms with Crippen molar-refractivity contribution in [1.82, 2.24) is 20.4 Å². The highest BCUT2D eigenvalue weighted by Crippen LogP contribution is 2.40.